The van der Waals surface area contributed by atoms with Gasteiger partial charge < -0.3 is 50.5 Å². The van der Waals surface area contributed by atoms with E-state index in [1.807, 2.05) is 0 Å². The molecule has 0 aliphatic carbocycles. The van der Waals surface area contributed by atoms with Crippen molar-refractivity contribution in [2.75, 3.05) is 13.2 Å². The van der Waals surface area contributed by atoms with E-state index in [2.05, 4.69) is 43.5 Å². The van der Waals surface area contributed by atoms with Crippen molar-refractivity contribution >= 4 is 5.91 Å². The Hall–Kier alpha value is -1.41. The second kappa shape index (κ2) is 53.2. The second-order valence-corrected chi connectivity index (χ2v) is 22.8. The van der Waals surface area contributed by atoms with E-state index in [0.717, 1.165) is 57.8 Å². The highest BCUT2D eigenvalue weighted by atomic mass is 16.7. The Kier molecular flexibility index (Phi) is 50.8. The highest BCUT2D eigenvalue weighted by Crippen LogP contribution is 2.24. The van der Waals surface area contributed by atoms with Crippen LogP contribution in [0.1, 0.15) is 309 Å². The quantitative estimate of drug-likeness (QED) is 0.0215. The van der Waals surface area contributed by atoms with Gasteiger partial charge in [-0.15, -0.1) is 0 Å². The van der Waals surface area contributed by atoms with Gasteiger partial charge in [-0.25, -0.2) is 0 Å². The first kappa shape index (κ1) is 71.6. The molecule has 1 amide bonds. The summed E-state index contributed by atoms with van der Waals surface area (Å²) in [5.41, 5.74) is 0. The molecule has 0 aromatic carbocycles. The van der Waals surface area contributed by atoms with Gasteiger partial charge in [0, 0.05) is 0 Å². The van der Waals surface area contributed by atoms with E-state index < -0.39 is 74.2 Å². The molecule has 1 heterocycles. The first-order valence-corrected chi connectivity index (χ1v) is 32.2. The molecule has 9 unspecified atom stereocenters. The van der Waals surface area contributed by atoms with Crippen LogP contribution in [0.3, 0.4) is 0 Å². The molecule has 0 bridgehead atoms. The highest BCUT2D eigenvalue weighted by molar-refractivity contribution is 5.80. The molecule has 75 heavy (non-hydrogen) atoms. The maximum absolute atomic E-state index is 13.2. The lowest BCUT2D eigenvalue weighted by Crippen LogP contribution is -2.60. The van der Waals surface area contributed by atoms with E-state index in [1.165, 1.54) is 212 Å². The summed E-state index contributed by atoms with van der Waals surface area (Å²) in [6.07, 6.45) is 54.0. The Morgan fingerprint density at radius 3 is 1.15 bits per heavy atom. The molecule has 0 aromatic heterocycles. The zero-order valence-electron chi connectivity index (χ0n) is 48.8. The molecule has 11 nitrogen and oxygen atoms in total. The molecule has 0 radical (unpaired) electrons. The first-order chi connectivity index (χ1) is 36.7. The molecule has 0 aromatic rings. The minimum absolute atomic E-state index is 0.248. The zero-order chi connectivity index (χ0) is 54.7. The summed E-state index contributed by atoms with van der Waals surface area (Å²) in [4.78, 5) is 13.2. The maximum atomic E-state index is 13.2. The van der Waals surface area contributed by atoms with E-state index in [-0.39, 0.29) is 12.8 Å². The van der Waals surface area contributed by atoms with Crippen molar-refractivity contribution in [2.45, 2.75) is 364 Å². The molecule has 1 aliphatic rings. The van der Waals surface area contributed by atoms with Crippen LogP contribution < -0.4 is 5.32 Å². The van der Waals surface area contributed by atoms with Gasteiger partial charge in [-0.05, 0) is 64.2 Å². The molecule has 11 heteroatoms. The molecule has 9 atom stereocenters. The summed E-state index contributed by atoms with van der Waals surface area (Å²) in [5.74, 6) is -0.707. The number of hydrogen-bond acceptors (Lipinski definition) is 10. The fraction of sp³-hybridized carbons (Fsp3) is 0.922. The van der Waals surface area contributed by atoms with Gasteiger partial charge in [0.25, 0.3) is 0 Å². The Bertz CT molecular complexity index is 1270. The number of unbranched alkanes of at least 4 members (excludes halogenated alkanes) is 40. The van der Waals surface area contributed by atoms with E-state index in [1.54, 1.807) is 0 Å². The van der Waals surface area contributed by atoms with E-state index in [4.69, 9.17) is 9.47 Å². The fourth-order valence-corrected chi connectivity index (χ4v) is 10.5. The van der Waals surface area contributed by atoms with E-state index in [0.29, 0.717) is 12.8 Å². The molecule has 1 saturated heterocycles. The Labute approximate surface area is 461 Å². The summed E-state index contributed by atoms with van der Waals surface area (Å²) in [7, 11) is 0. The van der Waals surface area contributed by atoms with Crippen molar-refractivity contribution < 1.29 is 50.0 Å². The number of aliphatic hydroxyl groups excluding tert-OH is 7. The number of aliphatic hydroxyl groups is 7. The number of rotatable bonds is 56. The van der Waals surface area contributed by atoms with Crippen molar-refractivity contribution in [2.24, 2.45) is 0 Å². The summed E-state index contributed by atoms with van der Waals surface area (Å²) in [5, 5.41) is 76.3. The third-order valence-corrected chi connectivity index (χ3v) is 15.7. The van der Waals surface area contributed by atoms with Gasteiger partial charge in [0.15, 0.2) is 6.29 Å². The fourth-order valence-electron chi connectivity index (χ4n) is 10.5. The Morgan fingerprint density at radius 1 is 0.453 bits per heavy atom. The van der Waals surface area contributed by atoms with Crippen LogP contribution in [0.25, 0.3) is 0 Å². The first-order valence-electron chi connectivity index (χ1n) is 32.2. The lowest BCUT2D eigenvalue weighted by Gasteiger charge is -2.40. The molecule has 0 saturated carbocycles. The molecule has 0 spiro atoms. The van der Waals surface area contributed by atoms with Crippen LogP contribution in [0.4, 0.5) is 0 Å². The molecular formula is C64H123NO10. The lowest BCUT2D eigenvalue weighted by molar-refractivity contribution is -0.303. The number of carbonyl (C=O) groups is 1. The lowest BCUT2D eigenvalue weighted by atomic mass is 9.98. The number of nitrogens with one attached hydrogen (secondary N) is 1. The number of ether oxygens (including phenoxy) is 2. The molecule has 444 valence electrons. The Balaban J connectivity index is 2.24. The average Bonchev–Trinajstić information content (AvgIpc) is 3.41. The number of allylic oxidation sites excluding steroid dienone is 4. The highest BCUT2D eigenvalue weighted by Gasteiger charge is 2.44. The minimum atomic E-state index is -1.67. The monoisotopic (exact) mass is 1070 g/mol. The zero-order valence-corrected chi connectivity index (χ0v) is 48.8. The molecule has 8 N–H and O–H groups in total. The van der Waals surface area contributed by atoms with Crippen molar-refractivity contribution in [1.29, 1.82) is 0 Å². The predicted molar refractivity (Wildman–Crippen MR) is 312 cm³/mol. The van der Waals surface area contributed by atoms with Crippen LogP contribution in [0.5, 0.6) is 0 Å². The summed E-state index contributed by atoms with van der Waals surface area (Å²) >= 11 is 0. The van der Waals surface area contributed by atoms with Gasteiger partial charge in [-0.2, -0.15) is 0 Å². The van der Waals surface area contributed by atoms with Crippen LogP contribution in [0.15, 0.2) is 24.3 Å². The number of amides is 1. The normalized spacial score (nSPS) is 19.8. The Morgan fingerprint density at radius 2 is 0.787 bits per heavy atom. The number of hydrogen-bond donors (Lipinski definition) is 8. The topological polar surface area (TPSA) is 189 Å². The van der Waals surface area contributed by atoms with Gasteiger partial charge in [-0.1, -0.05) is 269 Å². The average molecular weight is 1070 g/mol. The van der Waals surface area contributed by atoms with Crippen LogP contribution >= 0.6 is 0 Å². The third-order valence-electron chi connectivity index (χ3n) is 15.7. The standard InChI is InChI=1S/C64H123NO10/c1-3-5-7-9-11-13-15-17-19-21-23-24-25-26-27-28-29-30-31-32-33-34-36-37-39-41-43-45-47-49-51-56(67)59(69)55(54-74-64-62(72)61(71)60(70)58(53-66)75-64)65-63(73)57(68)52-50-48-46-44-42-40-38-35-22-20-18-16-14-12-10-8-6-4-2/h22,35,43,45,55-62,64,66-72H,3-21,23-34,36-42,44,46-54H2,1-2H3,(H,65,73)/b35-22-,45-43+. The van der Waals surface area contributed by atoms with Crippen LogP contribution in [0, 0.1) is 0 Å². The van der Waals surface area contributed by atoms with Crippen molar-refractivity contribution in [3.05, 3.63) is 24.3 Å². The third kappa shape index (κ3) is 41.3. The largest absolute Gasteiger partial charge is 0.394 e. The van der Waals surface area contributed by atoms with Gasteiger partial charge in [0.05, 0.1) is 25.4 Å². The molecular weight excluding hydrogens is 943 g/mol. The van der Waals surface area contributed by atoms with Crippen LogP contribution in [-0.4, -0.2) is 110 Å². The van der Waals surface area contributed by atoms with Gasteiger partial charge >= 0.3 is 0 Å². The van der Waals surface area contributed by atoms with Crippen LogP contribution in [0.2, 0.25) is 0 Å². The molecule has 1 rings (SSSR count). The van der Waals surface area contributed by atoms with Crippen molar-refractivity contribution in [3.8, 4) is 0 Å². The smallest absolute Gasteiger partial charge is 0.249 e. The number of carbonyl (C=O) groups excluding carboxylic acids is 1. The van der Waals surface area contributed by atoms with Gasteiger partial charge in [-0.3, -0.25) is 4.79 Å². The maximum Gasteiger partial charge on any atom is 0.249 e. The SMILES string of the molecule is CCCCCCCCCC/C=C\CCCCCCCCC(O)C(=O)NC(COC1OC(CO)C(O)C(O)C1O)C(O)C(O)CCC/C=C/CCCCCCCCCCCCCCCCCCCCCCCCCCC. The summed E-state index contributed by atoms with van der Waals surface area (Å²) < 4.78 is 11.2. The molecule has 1 fully saturated rings. The van der Waals surface area contributed by atoms with Gasteiger partial charge in [0.1, 0.15) is 36.6 Å². The van der Waals surface area contributed by atoms with Gasteiger partial charge in [0.2, 0.25) is 5.91 Å². The summed E-state index contributed by atoms with van der Waals surface area (Å²) in [6, 6.07) is -1.19. The van der Waals surface area contributed by atoms with Crippen LogP contribution in [-0.2, 0) is 14.3 Å². The van der Waals surface area contributed by atoms with Crippen molar-refractivity contribution in [1.82, 2.24) is 5.32 Å². The summed E-state index contributed by atoms with van der Waals surface area (Å²) in [6.45, 7) is 3.48. The minimum Gasteiger partial charge on any atom is -0.394 e. The second-order valence-electron chi connectivity index (χ2n) is 22.8. The van der Waals surface area contributed by atoms with E-state index >= 15 is 0 Å². The molecule has 1 aliphatic heterocycles. The van der Waals surface area contributed by atoms with Crippen molar-refractivity contribution in [3.63, 3.8) is 0 Å². The predicted octanol–water partition coefficient (Wildman–Crippen LogP) is 14.5. The van der Waals surface area contributed by atoms with E-state index in [9.17, 15) is 40.5 Å².